The van der Waals surface area contributed by atoms with E-state index < -0.39 is 11.9 Å². The molecule has 12 nitrogen and oxygen atoms in total. The van der Waals surface area contributed by atoms with Crippen molar-refractivity contribution in [2.45, 2.75) is 64.5 Å². The van der Waals surface area contributed by atoms with E-state index in [1.165, 1.54) is 4.90 Å². The first-order valence-corrected chi connectivity index (χ1v) is 16.2. The van der Waals surface area contributed by atoms with Crippen LogP contribution in [0.2, 0.25) is 0 Å². The van der Waals surface area contributed by atoms with Crippen molar-refractivity contribution in [1.29, 1.82) is 0 Å². The number of oxazole rings is 1. The van der Waals surface area contributed by atoms with Gasteiger partial charge in [-0.25, -0.2) is 4.98 Å². The van der Waals surface area contributed by atoms with Crippen LogP contribution in [-0.4, -0.2) is 84.4 Å². The van der Waals surface area contributed by atoms with Gasteiger partial charge in [0.25, 0.3) is 0 Å². The number of benzene rings is 2. The third-order valence-electron chi connectivity index (χ3n) is 8.42. The Kier molecular flexibility index (Phi) is 11.5. The first-order valence-electron chi connectivity index (χ1n) is 16.2. The van der Waals surface area contributed by atoms with Crippen LogP contribution in [0.15, 0.2) is 52.9 Å². The van der Waals surface area contributed by atoms with Crippen molar-refractivity contribution in [3.05, 3.63) is 65.5 Å². The molecule has 2 aliphatic rings. The van der Waals surface area contributed by atoms with E-state index in [1.807, 2.05) is 41.3 Å². The number of amides is 4. The van der Waals surface area contributed by atoms with Gasteiger partial charge in [0.15, 0.2) is 11.5 Å². The van der Waals surface area contributed by atoms with Gasteiger partial charge < -0.3 is 34.3 Å². The third kappa shape index (κ3) is 9.11. The molecule has 5 rings (SSSR count). The molecule has 1 fully saturated rings. The van der Waals surface area contributed by atoms with Gasteiger partial charge in [0.05, 0.1) is 26.8 Å². The van der Waals surface area contributed by atoms with Crippen molar-refractivity contribution in [2.24, 2.45) is 0 Å². The second-order valence-corrected chi connectivity index (χ2v) is 11.9. The van der Waals surface area contributed by atoms with Crippen LogP contribution in [0.3, 0.4) is 0 Å². The van der Waals surface area contributed by atoms with Crippen LogP contribution in [-0.2, 0) is 32.1 Å². The number of hydrogen-bond acceptors (Lipinski definition) is 8. The molecule has 4 bridgehead atoms. The Morgan fingerprint density at radius 3 is 2.68 bits per heavy atom. The molecule has 0 unspecified atom stereocenters. The highest BCUT2D eigenvalue weighted by Crippen LogP contribution is 2.33. The highest BCUT2D eigenvalue weighted by molar-refractivity contribution is 5.90. The molecule has 2 aliphatic heterocycles. The number of nitrogens with one attached hydrogen (secondary N) is 2. The molecule has 4 amide bonds. The Morgan fingerprint density at radius 2 is 1.89 bits per heavy atom. The lowest BCUT2D eigenvalue weighted by atomic mass is 10.0. The number of fused-ring (bicyclic) bond motifs is 5. The highest BCUT2D eigenvalue weighted by Gasteiger charge is 2.26. The van der Waals surface area contributed by atoms with Crippen LogP contribution >= 0.6 is 0 Å². The summed E-state index contributed by atoms with van der Waals surface area (Å²) in [7, 11) is 1.55. The lowest BCUT2D eigenvalue weighted by molar-refractivity contribution is -0.138. The summed E-state index contributed by atoms with van der Waals surface area (Å²) in [5.74, 6) is 1.05. The minimum absolute atomic E-state index is 0.0962. The number of aryl methyl sites for hydroxylation is 1. The molecule has 12 heteroatoms. The largest absolute Gasteiger partial charge is 0.493 e. The summed E-state index contributed by atoms with van der Waals surface area (Å²) in [6, 6.07) is 13.9. The number of carbonyl (C=O) groups is 4. The Balaban J connectivity index is 1.36. The molecule has 0 aliphatic carbocycles. The van der Waals surface area contributed by atoms with Crippen molar-refractivity contribution in [3.63, 3.8) is 0 Å². The maximum absolute atomic E-state index is 13.5. The van der Waals surface area contributed by atoms with Crippen LogP contribution in [0.25, 0.3) is 11.5 Å². The maximum atomic E-state index is 13.5. The van der Waals surface area contributed by atoms with Crippen LogP contribution in [0.1, 0.15) is 55.5 Å². The molecule has 1 atom stereocenters. The van der Waals surface area contributed by atoms with E-state index in [0.717, 1.165) is 18.4 Å². The summed E-state index contributed by atoms with van der Waals surface area (Å²) < 4.78 is 17.5. The summed E-state index contributed by atoms with van der Waals surface area (Å²) in [6.45, 7) is 3.39. The molecule has 1 aromatic heterocycles. The quantitative estimate of drug-likeness (QED) is 0.398. The van der Waals surface area contributed by atoms with Gasteiger partial charge in [-0.1, -0.05) is 30.3 Å². The van der Waals surface area contributed by atoms with Crippen LogP contribution in [0, 0.1) is 6.92 Å². The number of nitrogens with zero attached hydrogens (tertiary/aromatic N) is 3. The summed E-state index contributed by atoms with van der Waals surface area (Å²) in [6.07, 6.45) is 3.81. The number of hydrogen-bond donors (Lipinski definition) is 2. The Bertz CT molecular complexity index is 1560. The van der Waals surface area contributed by atoms with Gasteiger partial charge in [0.1, 0.15) is 17.5 Å². The molecule has 1 saturated heterocycles. The zero-order valence-electron chi connectivity index (χ0n) is 27.1. The summed E-state index contributed by atoms with van der Waals surface area (Å²) >= 11 is 0. The van der Waals surface area contributed by atoms with Crippen LogP contribution < -0.4 is 20.1 Å². The highest BCUT2D eigenvalue weighted by atomic mass is 16.5. The van der Waals surface area contributed by atoms with E-state index in [1.54, 1.807) is 26.2 Å². The molecular formula is C35H43N5O7. The first-order chi connectivity index (χ1) is 22.8. The van der Waals surface area contributed by atoms with Gasteiger partial charge in [0, 0.05) is 44.5 Å². The Labute approximate surface area is 274 Å². The second-order valence-electron chi connectivity index (χ2n) is 11.9. The van der Waals surface area contributed by atoms with E-state index in [0.29, 0.717) is 66.8 Å². The molecular weight excluding hydrogens is 602 g/mol. The van der Waals surface area contributed by atoms with Gasteiger partial charge in [-0.05, 0) is 56.4 Å². The average Bonchev–Trinajstić information content (AvgIpc) is 3.45. The first kappa shape index (κ1) is 33.5. The standard InChI is InChI=1S/C35H43N5O7/c1-24-28-22-36-34(44)27(20-25-10-4-3-5-11-25)37-31(41)23-40(33(43)13-8-17-39-16-7-6-12-32(39)42)18-9-19-46-30-21-26(35(38-28)47-24)14-15-29(30)45-2/h3-5,10-11,14-15,21,27H,6-9,12-13,16-20,22-23H2,1-2H3,(H,36,44)(H,37,41)/t27-/m1/s1. The zero-order chi connectivity index (χ0) is 33.2. The molecule has 250 valence electrons. The molecule has 0 radical (unpaired) electrons. The molecule has 3 aromatic rings. The van der Waals surface area contributed by atoms with Crippen LogP contribution in [0.5, 0.6) is 11.5 Å². The minimum Gasteiger partial charge on any atom is -0.493 e. The summed E-state index contributed by atoms with van der Waals surface area (Å²) in [5, 5.41) is 5.77. The number of rotatable bonds is 7. The van der Waals surface area contributed by atoms with Crippen molar-refractivity contribution in [2.75, 3.05) is 39.9 Å². The van der Waals surface area contributed by atoms with Gasteiger partial charge in [0.2, 0.25) is 29.5 Å². The lowest BCUT2D eigenvalue weighted by Gasteiger charge is -2.27. The number of methoxy groups -OCH3 is 1. The number of aromatic nitrogens is 1. The zero-order valence-corrected chi connectivity index (χ0v) is 27.1. The molecule has 47 heavy (non-hydrogen) atoms. The van der Waals surface area contributed by atoms with E-state index in [-0.39, 0.29) is 56.8 Å². The predicted molar refractivity (Wildman–Crippen MR) is 174 cm³/mol. The number of likely N-dealkylation sites (tertiary alicyclic amines) is 1. The van der Waals surface area contributed by atoms with Crippen molar-refractivity contribution < 1.29 is 33.1 Å². The predicted octanol–water partition coefficient (Wildman–Crippen LogP) is 3.41. The van der Waals surface area contributed by atoms with Gasteiger partial charge >= 0.3 is 0 Å². The molecule has 3 heterocycles. The number of ether oxygens (including phenoxy) is 2. The fourth-order valence-corrected chi connectivity index (χ4v) is 5.81. The Morgan fingerprint density at radius 1 is 1.06 bits per heavy atom. The summed E-state index contributed by atoms with van der Waals surface area (Å²) in [5.41, 5.74) is 2.11. The van der Waals surface area contributed by atoms with Crippen LogP contribution in [0.4, 0.5) is 0 Å². The maximum Gasteiger partial charge on any atom is 0.243 e. The topological polar surface area (TPSA) is 143 Å². The third-order valence-corrected chi connectivity index (χ3v) is 8.42. The van der Waals surface area contributed by atoms with Gasteiger partial charge in [-0.2, -0.15) is 0 Å². The van der Waals surface area contributed by atoms with Gasteiger partial charge in [-0.15, -0.1) is 0 Å². The monoisotopic (exact) mass is 645 g/mol. The Hall–Kier alpha value is -4.87. The second kappa shape index (κ2) is 16.1. The fourth-order valence-electron chi connectivity index (χ4n) is 5.81. The SMILES string of the molecule is COc1ccc2cc1OCCCN(C(=O)CCCN1CCCCC1=O)CC(=O)N[C@H](Cc1ccccc1)C(=O)NCc1nc-2oc1C. The van der Waals surface area contributed by atoms with Crippen molar-refractivity contribution in [1.82, 2.24) is 25.4 Å². The molecule has 2 aromatic carbocycles. The van der Waals surface area contributed by atoms with Gasteiger partial charge in [-0.3, -0.25) is 19.2 Å². The van der Waals surface area contributed by atoms with E-state index in [9.17, 15) is 19.2 Å². The van der Waals surface area contributed by atoms with Crippen molar-refractivity contribution in [3.8, 4) is 23.0 Å². The minimum atomic E-state index is -0.884. The van der Waals surface area contributed by atoms with E-state index >= 15 is 0 Å². The number of piperidine rings is 1. The summed E-state index contributed by atoms with van der Waals surface area (Å²) in [4.78, 5) is 60.6. The fraction of sp³-hybridized carbons (Fsp3) is 0.457. The molecule has 2 N–H and O–H groups in total. The molecule has 0 spiro atoms. The average molecular weight is 646 g/mol. The van der Waals surface area contributed by atoms with E-state index in [4.69, 9.17) is 13.9 Å². The lowest BCUT2D eigenvalue weighted by Crippen LogP contribution is -2.51. The number of carbonyl (C=O) groups excluding carboxylic acids is 4. The van der Waals surface area contributed by atoms with Crippen molar-refractivity contribution >= 4 is 23.6 Å². The normalized spacial score (nSPS) is 18.0. The van der Waals surface area contributed by atoms with E-state index in [2.05, 4.69) is 15.6 Å². The molecule has 0 saturated carbocycles. The smallest absolute Gasteiger partial charge is 0.243 e.